The number of hydrogen-bond donors (Lipinski definition) is 0. The number of thiazole rings is 1. The monoisotopic (exact) mass is 193 g/mol. The van der Waals surface area contributed by atoms with Crippen LogP contribution in [0, 0.1) is 0 Å². The molecule has 2 aromatic heterocycles. The second kappa shape index (κ2) is 3.70. The van der Waals surface area contributed by atoms with Crippen molar-refractivity contribution < 1.29 is 0 Å². The molecule has 0 aliphatic heterocycles. The Labute approximate surface area is 81.1 Å². The molecule has 4 heteroatoms. The summed E-state index contributed by atoms with van der Waals surface area (Å²) in [6.45, 7) is 3.12. The first kappa shape index (κ1) is 8.44. The fourth-order valence-electron chi connectivity index (χ4n) is 1.20. The maximum Gasteiger partial charge on any atom is 0.0842 e. The van der Waals surface area contributed by atoms with Crippen LogP contribution in [-0.4, -0.2) is 14.8 Å². The van der Waals surface area contributed by atoms with Gasteiger partial charge in [-0.25, -0.2) is 4.98 Å². The Morgan fingerprint density at radius 1 is 1.54 bits per heavy atom. The van der Waals surface area contributed by atoms with Gasteiger partial charge in [-0.1, -0.05) is 6.92 Å². The van der Waals surface area contributed by atoms with Gasteiger partial charge >= 0.3 is 0 Å². The lowest BCUT2D eigenvalue weighted by Crippen LogP contribution is -1.95. The molecule has 0 spiro atoms. The summed E-state index contributed by atoms with van der Waals surface area (Å²) in [6, 6.07) is 0. The summed E-state index contributed by atoms with van der Waals surface area (Å²) in [5.74, 6) is 0. The number of aromatic nitrogens is 3. The average molecular weight is 193 g/mol. The second-order valence-electron chi connectivity index (χ2n) is 2.87. The van der Waals surface area contributed by atoms with Gasteiger partial charge in [-0.3, -0.25) is 4.68 Å². The number of hydrogen-bond acceptors (Lipinski definition) is 3. The third kappa shape index (κ3) is 1.78. The standard InChI is InChI=1S/C9H11N3S/c1-2-3-12-5-8(4-11-12)9-6-13-7-10-9/h4-7H,2-3H2,1H3. The first-order valence-corrected chi connectivity index (χ1v) is 5.25. The summed E-state index contributed by atoms with van der Waals surface area (Å²) in [4.78, 5) is 4.23. The molecule has 2 heterocycles. The Morgan fingerprint density at radius 3 is 3.15 bits per heavy atom. The SMILES string of the molecule is CCCn1cc(-c2cscn2)cn1. The van der Waals surface area contributed by atoms with Crippen LogP contribution in [0.1, 0.15) is 13.3 Å². The topological polar surface area (TPSA) is 30.7 Å². The summed E-state index contributed by atoms with van der Waals surface area (Å²) in [5, 5.41) is 6.28. The van der Waals surface area contributed by atoms with Crippen LogP contribution in [0.2, 0.25) is 0 Å². The van der Waals surface area contributed by atoms with Gasteiger partial charge in [-0.15, -0.1) is 11.3 Å². The molecule has 0 amide bonds. The fraction of sp³-hybridized carbons (Fsp3) is 0.333. The normalized spacial score (nSPS) is 10.5. The summed E-state index contributed by atoms with van der Waals surface area (Å²) in [5.41, 5.74) is 3.97. The van der Waals surface area contributed by atoms with Gasteiger partial charge in [0.05, 0.1) is 17.4 Å². The second-order valence-corrected chi connectivity index (χ2v) is 3.58. The molecule has 0 aliphatic rings. The Bertz CT molecular complexity index is 364. The molecule has 2 aromatic rings. The maximum absolute atomic E-state index is 4.24. The quantitative estimate of drug-likeness (QED) is 0.749. The molecule has 13 heavy (non-hydrogen) atoms. The van der Waals surface area contributed by atoms with Gasteiger partial charge < -0.3 is 0 Å². The van der Waals surface area contributed by atoms with Crippen LogP contribution in [0.15, 0.2) is 23.3 Å². The molecule has 0 atom stereocenters. The third-order valence-corrected chi connectivity index (χ3v) is 2.40. The summed E-state index contributed by atoms with van der Waals surface area (Å²) in [7, 11) is 0. The minimum atomic E-state index is 0.976. The molecule has 0 fully saturated rings. The lowest BCUT2D eigenvalue weighted by molar-refractivity contribution is 0.603. The van der Waals surface area contributed by atoms with Crippen molar-refractivity contribution in [2.45, 2.75) is 19.9 Å². The molecule has 0 N–H and O–H groups in total. The molecule has 2 rings (SSSR count). The highest BCUT2D eigenvalue weighted by Gasteiger charge is 2.01. The highest BCUT2D eigenvalue weighted by atomic mass is 32.1. The van der Waals surface area contributed by atoms with E-state index in [0.717, 1.165) is 24.2 Å². The predicted molar refractivity (Wildman–Crippen MR) is 53.6 cm³/mol. The Hall–Kier alpha value is -1.16. The van der Waals surface area contributed by atoms with E-state index in [1.165, 1.54) is 0 Å². The van der Waals surface area contributed by atoms with Crippen LogP contribution in [-0.2, 0) is 6.54 Å². The molecule has 0 unspecified atom stereocenters. The van der Waals surface area contributed by atoms with E-state index in [0.29, 0.717) is 0 Å². The third-order valence-electron chi connectivity index (χ3n) is 1.81. The van der Waals surface area contributed by atoms with Gasteiger partial charge in [0.2, 0.25) is 0 Å². The molecular weight excluding hydrogens is 182 g/mol. The first-order valence-electron chi connectivity index (χ1n) is 4.31. The fourth-order valence-corrected chi connectivity index (χ4v) is 1.76. The van der Waals surface area contributed by atoms with Gasteiger partial charge in [0, 0.05) is 23.7 Å². The van der Waals surface area contributed by atoms with Crippen molar-refractivity contribution in [3.63, 3.8) is 0 Å². The van der Waals surface area contributed by atoms with Gasteiger partial charge in [-0.05, 0) is 6.42 Å². The van der Waals surface area contributed by atoms with Crippen molar-refractivity contribution in [3.05, 3.63) is 23.3 Å². The average Bonchev–Trinajstić information content (AvgIpc) is 2.70. The molecule has 0 radical (unpaired) electrons. The van der Waals surface area contributed by atoms with Crippen LogP contribution in [0.4, 0.5) is 0 Å². The van der Waals surface area contributed by atoms with Gasteiger partial charge in [0.25, 0.3) is 0 Å². The van der Waals surface area contributed by atoms with E-state index in [4.69, 9.17) is 0 Å². The minimum Gasteiger partial charge on any atom is -0.272 e. The van der Waals surface area contributed by atoms with E-state index < -0.39 is 0 Å². The molecule has 0 saturated carbocycles. The number of aryl methyl sites for hydroxylation is 1. The molecule has 0 bridgehead atoms. The van der Waals surface area contributed by atoms with Gasteiger partial charge in [0.1, 0.15) is 0 Å². The molecule has 0 aromatic carbocycles. The zero-order valence-electron chi connectivity index (χ0n) is 7.47. The van der Waals surface area contributed by atoms with E-state index in [-0.39, 0.29) is 0 Å². The van der Waals surface area contributed by atoms with Crippen LogP contribution in [0.3, 0.4) is 0 Å². The van der Waals surface area contributed by atoms with Crippen LogP contribution >= 0.6 is 11.3 Å². The van der Waals surface area contributed by atoms with E-state index in [9.17, 15) is 0 Å². The first-order chi connectivity index (χ1) is 6.40. The molecule has 0 saturated heterocycles. The molecule has 3 nitrogen and oxygen atoms in total. The summed E-state index contributed by atoms with van der Waals surface area (Å²) >= 11 is 1.61. The van der Waals surface area contributed by atoms with Crippen LogP contribution in [0.5, 0.6) is 0 Å². The Morgan fingerprint density at radius 2 is 2.46 bits per heavy atom. The maximum atomic E-state index is 4.24. The van der Waals surface area contributed by atoms with E-state index in [1.54, 1.807) is 11.3 Å². The molecular formula is C9H11N3S. The highest BCUT2D eigenvalue weighted by Crippen LogP contribution is 2.17. The number of nitrogens with zero attached hydrogens (tertiary/aromatic N) is 3. The number of rotatable bonds is 3. The zero-order chi connectivity index (χ0) is 9.10. The van der Waals surface area contributed by atoms with Crippen LogP contribution < -0.4 is 0 Å². The highest BCUT2D eigenvalue weighted by molar-refractivity contribution is 7.07. The van der Waals surface area contributed by atoms with Crippen molar-refractivity contribution in [1.29, 1.82) is 0 Å². The molecule has 68 valence electrons. The smallest absolute Gasteiger partial charge is 0.0842 e. The minimum absolute atomic E-state index is 0.976. The van der Waals surface area contributed by atoms with Gasteiger partial charge in [0.15, 0.2) is 0 Å². The predicted octanol–water partition coefficient (Wildman–Crippen LogP) is 2.42. The summed E-state index contributed by atoms with van der Waals surface area (Å²) in [6.07, 6.45) is 5.02. The zero-order valence-corrected chi connectivity index (χ0v) is 8.29. The largest absolute Gasteiger partial charge is 0.272 e. The van der Waals surface area contributed by atoms with Crippen molar-refractivity contribution in [2.75, 3.05) is 0 Å². The van der Waals surface area contributed by atoms with Crippen molar-refractivity contribution in [3.8, 4) is 11.3 Å². The lowest BCUT2D eigenvalue weighted by atomic mass is 10.3. The van der Waals surface area contributed by atoms with E-state index in [1.807, 2.05) is 28.0 Å². The van der Waals surface area contributed by atoms with E-state index >= 15 is 0 Å². The Balaban J connectivity index is 2.23. The summed E-state index contributed by atoms with van der Waals surface area (Å²) < 4.78 is 1.95. The van der Waals surface area contributed by atoms with Crippen molar-refractivity contribution in [1.82, 2.24) is 14.8 Å². The molecule has 0 aliphatic carbocycles. The van der Waals surface area contributed by atoms with Gasteiger partial charge in [-0.2, -0.15) is 5.10 Å². The van der Waals surface area contributed by atoms with Crippen LogP contribution in [0.25, 0.3) is 11.3 Å². The van der Waals surface area contributed by atoms with Crippen molar-refractivity contribution >= 4 is 11.3 Å². The van der Waals surface area contributed by atoms with Crippen molar-refractivity contribution in [2.24, 2.45) is 0 Å². The van der Waals surface area contributed by atoms with E-state index in [2.05, 4.69) is 17.0 Å². The Kier molecular flexibility index (Phi) is 2.40. The lowest BCUT2D eigenvalue weighted by Gasteiger charge is -1.94.